The van der Waals surface area contributed by atoms with Crippen molar-refractivity contribution in [1.82, 2.24) is 0 Å². The minimum Gasteiger partial charge on any atom is -0.457 e. The maximum Gasteiger partial charge on any atom is 0.343 e. The second-order valence-corrected chi connectivity index (χ2v) is 4.94. The van der Waals surface area contributed by atoms with E-state index in [1.807, 2.05) is 0 Å². The summed E-state index contributed by atoms with van der Waals surface area (Å²) in [6, 6.07) is 12.1. The van der Waals surface area contributed by atoms with Crippen LogP contribution in [0.3, 0.4) is 0 Å². The smallest absolute Gasteiger partial charge is 0.343 e. The van der Waals surface area contributed by atoms with Crippen LogP contribution >= 0.6 is 0 Å². The lowest BCUT2D eigenvalue weighted by Gasteiger charge is -2.08. The van der Waals surface area contributed by atoms with Crippen LogP contribution in [0.2, 0.25) is 0 Å². The Morgan fingerprint density at radius 3 is 1.85 bits per heavy atom. The van der Waals surface area contributed by atoms with Crippen molar-refractivity contribution in [2.75, 3.05) is 6.79 Å². The molecule has 0 atom stereocenters. The highest BCUT2D eigenvalue weighted by molar-refractivity contribution is 5.91. The van der Waals surface area contributed by atoms with Crippen molar-refractivity contribution in [1.29, 1.82) is 0 Å². The molecule has 0 saturated heterocycles. The third-order valence-electron chi connectivity index (χ3n) is 3.10. The molecule has 2 rings (SSSR count). The van der Waals surface area contributed by atoms with Crippen LogP contribution in [0.25, 0.3) is 0 Å². The minimum atomic E-state index is -0.592. The van der Waals surface area contributed by atoms with Gasteiger partial charge in [0, 0.05) is 12.2 Å². The van der Waals surface area contributed by atoms with E-state index < -0.39 is 17.9 Å². The van der Waals surface area contributed by atoms with Gasteiger partial charge in [-0.15, -0.1) is 0 Å². The molecule has 0 bridgehead atoms. The Balaban J connectivity index is 1.89. The van der Waals surface area contributed by atoms with Crippen LogP contribution in [0, 0.1) is 0 Å². The summed E-state index contributed by atoms with van der Waals surface area (Å²) in [5.41, 5.74) is 0.282. The van der Waals surface area contributed by atoms with E-state index in [9.17, 15) is 14.4 Å². The fourth-order valence-corrected chi connectivity index (χ4v) is 1.80. The number of benzene rings is 2. The molecule has 0 amide bonds. The van der Waals surface area contributed by atoms with E-state index in [1.54, 1.807) is 12.1 Å². The summed E-state index contributed by atoms with van der Waals surface area (Å²) in [6.45, 7) is 6.31. The lowest BCUT2D eigenvalue weighted by Crippen LogP contribution is -2.09. The van der Waals surface area contributed by atoms with Crippen LogP contribution in [-0.4, -0.2) is 24.7 Å². The van der Waals surface area contributed by atoms with E-state index in [0.717, 1.165) is 12.2 Å². The molecular formula is C20H16O7. The van der Waals surface area contributed by atoms with E-state index in [-0.39, 0.29) is 18.1 Å². The number of ether oxygens (including phenoxy) is 4. The first kappa shape index (κ1) is 19.5. The molecule has 0 spiro atoms. The summed E-state index contributed by atoms with van der Waals surface area (Å²) in [5.74, 6) is -0.740. The number of hydrogen-bond acceptors (Lipinski definition) is 7. The van der Waals surface area contributed by atoms with Gasteiger partial charge in [0.25, 0.3) is 0 Å². The molecule has 138 valence electrons. The number of rotatable bonds is 8. The van der Waals surface area contributed by atoms with Crippen molar-refractivity contribution in [2.24, 2.45) is 0 Å². The molecule has 0 N–H and O–H groups in total. The van der Waals surface area contributed by atoms with Crippen molar-refractivity contribution in [2.45, 2.75) is 0 Å². The van der Waals surface area contributed by atoms with Crippen LogP contribution in [0.1, 0.15) is 10.4 Å². The fraction of sp³-hybridized carbons (Fsp3) is 0.0500. The van der Waals surface area contributed by atoms with Crippen molar-refractivity contribution in [3.05, 3.63) is 79.4 Å². The third-order valence-corrected chi connectivity index (χ3v) is 3.10. The third kappa shape index (κ3) is 6.17. The zero-order chi connectivity index (χ0) is 19.6. The molecule has 7 heteroatoms. The monoisotopic (exact) mass is 368 g/mol. The Kier molecular flexibility index (Phi) is 6.90. The second-order valence-electron chi connectivity index (χ2n) is 4.94. The zero-order valence-electron chi connectivity index (χ0n) is 14.3. The van der Waals surface area contributed by atoms with Crippen LogP contribution in [0.15, 0.2) is 73.8 Å². The Bertz CT molecular complexity index is 836. The normalized spacial score (nSPS) is 9.63. The van der Waals surface area contributed by atoms with Gasteiger partial charge in [-0.1, -0.05) is 13.2 Å². The molecule has 0 aliphatic heterocycles. The van der Waals surface area contributed by atoms with E-state index >= 15 is 0 Å². The number of esters is 3. The molecule has 0 saturated carbocycles. The van der Waals surface area contributed by atoms with Gasteiger partial charge in [0.05, 0.1) is 5.56 Å². The molecule has 7 nitrogen and oxygen atoms in total. The van der Waals surface area contributed by atoms with E-state index in [1.165, 1.54) is 36.4 Å². The Morgan fingerprint density at radius 2 is 1.26 bits per heavy atom. The first-order valence-corrected chi connectivity index (χ1v) is 7.70. The Labute approximate surface area is 155 Å². The largest absolute Gasteiger partial charge is 0.457 e. The average Bonchev–Trinajstić information content (AvgIpc) is 2.69. The molecule has 0 unspecified atom stereocenters. The molecule has 0 heterocycles. The van der Waals surface area contributed by atoms with E-state index in [2.05, 4.69) is 17.9 Å². The van der Waals surface area contributed by atoms with Gasteiger partial charge in [0.1, 0.15) is 17.2 Å². The van der Waals surface area contributed by atoms with Gasteiger partial charge in [-0.25, -0.2) is 14.4 Å². The summed E-state index contributed by atoms with van der Waals surface area (Å²) in [5, 5.41) is 0. The highest BCUT2D eigenvalue weighted by Gasteiger charge is 2.10. The summed E-state index contributed by atoms with van der Waals surface area (Å²) < 4.78 is 20.0. The molecular weight excluding hydrogens is 352 g/mol. The molecule has 0 aliphatic carbocycles. The van der Waals surface area contributed by atoms with Gasteiger partial charge < -0.3 is 18.9 Å². The summed E-state index contributed by atoms with van der Waals surface area (Å²) in [4.78, 5) is 34.1. The van der Waals surface area contributed by atoms with Crippen molar-refractivity contribution < 1.29 is 33.3 Å². The number of carbonyl (C=O) groups is 3. The number of carbonyl (C=O) groups excluding carboxylic acids is 3. The van der Waals surface area contributed by atoms with E-state index in [4.69, 9.17) is 14.2 Å². The van der Waals surface area contributed by atoms with Gasteiger partial charge in [0.15, 0.2) is 0 Å². The quantitative estimate of drug-likeness (QED) is 0.306. The van der Waals surface area contributed by atoms with Gasteiger partial charge in [-0.3, -0.25) is 0 Å². The SMILES string of the molecule is C=CC(=O)OCOc1ccc(OC(=O)c2ccc(OC(=O)C=C)cc2)cc1. The van der Waals surface area contributed by atoms with Crippen LogP contribution in [0.5, 0.6) is 17.2 Å². The molecule has 0 fully saturated rings. The van der Waals surface area contributed by atoms with Crippen LogP contribution in [-0.2, 0) is 14.3 Å². The predicted molar refractivity (Wildman–Crippen MR) is 95.5 cm³/mol. The first-order valence-electron chi connectivity index (χ1n) is 7.70. The van der Waals surface area contributed by atoms with Crippen LogP contribution < -0.4 is 14.2 Å². The molecule has 2 aromatic carbocycles. The Hall–Kier alpha value is -3.87. The van der Waals surface area contributed by atoms with Gasteiger partial charge in [0.2, 0.25) is 6.79 Å². The second kappa shape index (κ2) is 9.57. The lowest BCUT2D eigenvalue weighted by molar-refractivity contribution is -0.144. The van der Waals surface area contributed by atoms with Gasteiger partial charge >= 0.3 is 17.9 Å². The standard InChI is InChI=1S/C20H16O7/c1-3-18(21)25-13-24-15-9-11-17(12-10-15)27-20(23)14-5-7-16(8-6-14)26-19(22)4-2/h3-12H,1-2,13H2. The van der Waals surface area contributed by atoms with Crippen molar-refractivity contribution in [3.63, 3.8) is 0 Å². The number of hydrogen-bond donors (Lipinski definition) is 0. The highest BCUT2D eigenvalue weighted by Crippen LogP contribution is 2.20. The molecule has 0 radical (unpaired) electrons. The van der Waals surface area contributed by atoms with Gasteiger partial charge in [-0.2, -0.15) is 0 Å². The van der Waals surface area contributed by atoms with Crippen molar-refractivity contribution >= 4 is 17.9 Å². The van der Waals surface area contributed by atoms with Crippen LogP contribution in [0.4, 0.5) is 0 Å². The molecule has 27 heavy (non-hydrogen) atoms. The molecule has 2 aromatic rings. The molecule has 0 aliphatic rings. The van der Waals surface area contributed by atoms with E-state index in [0.29, 0.717) is 11.5 Å². The maximum absolute atomic E-state index is 12.1. The lowest BCUT2D eigenvalue weighted by atomic mass is 10.2. The Morgan fingerprint density at radius 1 is 0.741 bits per heavy atom. The fourth-order valence-electron chi connectivity index (χ4n) is 1.80. The zero-order valence-corrected chi connectivity index (χ0v) is 14.3. The average molecular weight is 368 g/mol. The maximum atomic E-state index is 12.1. The topological polar surface area (TPSA) is 88.1 Å². The van der Waals surface area contributed by atoms with Crippen molar-refractivity contribution in [3.8, 4) is 17.2 Å². The summed E-state index contributed by atoms with van der Waals surface area (Å²) >= 11 is 0. The summed E-state index contributed by atoms with van der Waals surface area (Å²) in [6.07, 6.45) is 2.07. The van der Waals surface area contributed by atoms with Gasteiger partial charge in [-0.05, 0) is 48.5 Å². The summed E-state index contributed by atoms with van der Waals surface area (Å²) in [7, 11) is 0. The predicted octanol–water partition coefficient (Wildman–Crippen LogP) is 3.06. The molecule has 0 aromatic heterocycles. The first-order chi connectivity index (χ1) is 13.0. The minimum absolute atomic E-state index is 0.257. The highest BCUT2D eigenvalue weighted by atomic mass is 16.7.